The van der Waals surface area contributed by atoms with Crippen LogP contribution >= 0.6 is 0 Å². The van der Waals surface area contributed by atoms with Gasteiger partial charge >= 0.3 is 5.69 Å². The molecule has 5 heteroatoms. The van der Waals surface area contributed by atoms with Gasteiger partial charge in [-0.3, -0.25) is 9.36 Å². The summed E-state index contributed by atoms with van der Waals surface area (Å²) in [6.45, 7) is 3.72. The maximum atomic E-state index is 12.4. The van der Waals surface area contributed by atoms with Crippen molar-refractivity contribution in [1.82, 2.24) is 14.5 Å². The molecule has 0 bridgehead atoms. The maximum absolute atomic E-state index is 12.4. The van der Waals surface area contributed by atoms with E-state index in [4.69, 9.17) is 0 Å². The average molecular weight is 287 g/mol. The second-order valence-electron chi connectivity index (χ2n) is 5.69. The Morgan fingerprint density at radius 2 is 1.76 bits per heavy atom. The van der Waals surface area contributed by atoms with Crippen molar-refractivity contribution in [3.8, 4) is 0 Å². The highest BCUT2D eigenvalue weighted by atomic mass is 16.2. The van der Waals surface area contributed by atoms with Crippen LogP contribution in [-0.4, -0.2) is 34.1 Å². The smallest absolute Gasteiger partial charge is 0.307 e. The van der Waals surface area contributed by atoms with Crippen LogP contribution in [0.5, 0.6) is 0 Å². The average Bonchev–Trinajstić information content (AvgIpc) is 2.51. The van der Waals surface area contributed by atoms with Crippen LogP contribution in [0.2, 0.25) is 0 Å². The van der Waals surface area contributed by atoms with Crippen LogP contribution < -0.4 is 11.2 Å². The van der Waals surface area contributed by atoms with E-state index in [9.17, 15) is 9.59 Å². The van der Waals surface area contributed by atoms with E-state index in [0.717, 1.165) is 26.1 Å². The minimum atomic E-state index is -0.308. The Morgan fingerprint density at radius 1 is 1.00 bits per heavy atom. The van der Waals surface area contributed by atoms with Gasteiger partial charge in [-0.15, -0.1) is 0 Å². The fourth-order valence-electron chi connectivity index (χ4n) is 3.04. The molecule has 0 unspecified atom stereocenters. The van der Waals surface area contributed by atoms with Crippen molar-refractivity contribution in [1.29, 1.82) is 0 Å². The largest absolute Gasteiger partial charge is 0.328 e. The molecule has 0 aliphatic carbocycles. The number of nitrogens with one attached hydrogen (secondary N) is 1. The van der Waals surface area contributed by atoms with Gasteiger partial charge in [0, 0.05) is 6.54 Å². The van der Waals surface area contributed by atoms with Gasteiger partial charge in [-0.2, -0.15) is 0 Å². The van der Waals surface area contributed by atoms with Gasteiger partial charge in [-0.1, -0.05) is 18.6 Å². The third kappa shape index (κ3) is 3.08. The normalized spacial score (nSPS) is 16.4. The lowest BCUT2D eigenvalue weighted by molar-refractivity contribution is 0.222. The van der Waals surface area contributed by atoms with Crippen LogP contribution in [0, 0.1) is 0 Å². The zero-order valence-corrected chi connectivity index (χ0v) is 12.2. The van der Waals surface area contributed by atoms with Crippen LogP contribution in [-0.2, 0) is 6.54 Å². The predicted molar refractivity (Wildman–Crippen MR) is 83.7 cm³/mol. The fraction of sp³-hybridized carbons (Fsp3) is 0.500. The predicted octanol–water partition coefficient (Wildman–Crippen LogP) is 1.57. The van der Waals surface area contributed by atoms with Gasteiger partial charge in [-0.25, -0.2) is 4.79 Å². The number of aromatic nitrogens is 2. The molecule has 1 aliphatic rings. The van der Waals surface area contributed by atoms with E-state index in [1.165, 1.54) is 23.8 Å². The molecular formula is C16H21N3O2. The summed E-state index contributed by atoms with van der Waals surface area (Å²) >= 11 is 0. The molecule has 1 aromatic heterocycles. The van der Waals surface area contributed by atoms with E-state index in [-0.39, 0.29) is 11.2 Å². The number of likely N-dealkylation sites (tertiary alicyclic amines) is 1. The summed E-state index contributed by atoms with van der Waals surface area (Å²) in [5.74, 6) is 0. The minimum Gasteiger partial charge on any atom is -0.307 e. The molecule has 0 spiro atoms. The molecule has 1 aliphatic heterocycles. The van der Waals surface area contributed by atoms with Crippen molar-refractivity contribution in [3.63, 3.8) is 0 Å². The summed E-state index contributed by atoms with van der Waals surface area (Å²) in [4.78, 5) is 29.6. The van der Waals surface area contributed by atoms with Crippen LogP contribution in [0.15, 0.2) is 33.9 Å². The molecule has 0 amide bonds. The molecule has 1 saturated heterocycles. The lowest BCUT2D eigenvalue weighted by Gasteiger charge is -2.26. The SMILES string of the molecule is O=c1[nH]c2ccccc2c(=O)n1CCCN1CCCCC1. The van der Waals surface area contributed by atoms with Crippen LogP contribution in [0.1, 0.15) is 25.7 Å². The Bertz CT molecular complexity index is 726. The van der Waals surface area contributed by atoms with Gasteiger partial charge in [0.15, 0.2) is 0 Å². The van der Waals surface area contributed by atoms with Crippen molar-refractivity contribution in [2.24, 2.45) is 0 Å². The highest BCUT2D eigenvalue weighted by Crippen LogP contribution is 2.09. The first kappa shape index (κ1) is 14.1. The number of benzene rings is 1. The second kappa shape index (κ2) is 6.26. The third-order valence-electron chi connectivity index (χ3n) is 4.19. The number of aromatic amines is 1. The van der Waals surface area contributed by atoms with Crippen molar-refractivity contribution < 1.29 is 0 Å². The van der Waals surface area contributed by atoms with Gasteiger partial charge in [-0.05, 0) is 51.0 Å². The van der Waals surface area contributed by atoms with Gasteiger partial charge in [0.05, 0.1) is 10.9 Å². The van der Waals surface area contributed by atoms with E-state index in [1.807, 2.05) is 12.1 Å². The second-order valence-corrected chi connectivity index (χ2v) is 5.69. The summed E-state index contributed by atoms with van der Waals surface area (Å²) in [6, 6.07) is 7.16. The maximum Gasteiger partial charge on any atom is 0.328 e. The van der Waals surface area contributed by atoms with Crippen LogP contribution in [0.25, 0.3) is 10.9 Å². The molecule has 1 fully saturated rings. The molecule has 0 saturated carbocycles. The van der Waals surface area contributed by atoms with Gasteiger partial charge in [0.2, 0.25) is 0 Å². The summed E-state index contributed by atoms with van der Waals surface area (Å²) < 4.78 is 1.33. The summed E-state index contributed by atoms with van der Waals surface area (Å²) in [5.41, 5.74) is 0.116. The Hall–Kier alpha value is -1.88. The number of fused-ring (bicyclic) bond motifs is 1. The molecule has 0 atom stereocenters. The number of para-hydroxylation sites is 1. The monoisotopic (exact) mass is 287 g/mol. The first-order chi connectivity index (χ1) is 10.3. The Balaban J connectivity index is 1.74. The molecule has 112 valence electrons. The van der Waals surface area contributed by atoms with Crippen molar-refractivity contribution >= 4 is 10.9 Å². The lowest BCUT2D eigenvalue weighted by Crippen LogP contribution is -2.37. The van der Waals surface area contributed by atoms with E-state index >= 15 is 0 Å². The van der Waals surface area contributed by atoms with E-state index < -0.39 is 0 Å². The number of H-pyrrole nitrogens is 1. The van der Waals surface area contributed by atoms with E-state index in [1.54, 1.807) is 12.1 Å². The summed E-state index contributed by atoms with van der Waals surface area (Å²) in [7, 11) is 0. The third-order valence-corrected chi connectivity index (χ3v) is 4.19. The topological polar surface area (TPSA) is 58.1 Å². The molecular weight excluding hydrogens is 266 g/mol. The Morgan fingerprint density at radius 3 is 2.57 bits per heavy atom. The molecule has 5 nitrogen and oxygen atoms in total. The highest BCUT2D eigenvalue weighted by molar-refractivity contribution is 5.76. The lowest BCUT2D eigenvalue weighted by atomic mass is 10.1. The van der Waals surface area contributed by atoms with Gasteiger partial charge < -0.3 is 9.88 Å². The fourth-order valence-corrected chi connectivity index (χ4v) is 3.04. The molecule has 1 N–H and O–H groups in total. The zero-order valence-electron chi connectivity index (χ0n) is 12.2. The molecule has 1 aromatic carbocycles. The standard InChI is InChI=1S/C16H21N3O2/c20-15-13-7-2-3-8-14(13)17-16(21)19(15)12-6-11-18-9-4-1-5-10-18/h2-3,7-8H,1,4-6,9-12H2,(H,17,21). The number of nitrogens with zero attached hydrogens (tertiary/aromatic N) is 2. The number of hydrogen-bond acceptors (Lipinski definition) is 3. The molecule has 2 aromatic rings. The van der Waals surface area contributed by atoms with Crippen molar-refractivity contribution in [3.05, 3.63) is 45.1 Å². The molecule has 21 heavy (non-hydrogen) atoms. The number of piperidine rings is 1. The van der Waals surface area contributed by atoms with Crippen molar-refractivity contribution in [2.75, 3.05) is 19.6 Å². The first-order valence-electron chi connectivity index (χ1n) is 7.70. The Kier molecular flexibility index (Phi) is 4.20. The van der Waals surface area contributed by atoms with Crippen molar-refractivity contribution in [2.45, 2.75) is 32.2 Å². The molecule has 0 radical (unpaired) electrons. The quantitative estimate of drug-likeness (QED) is 0.928. The number of hydrogen-bond donors (Lipinski definition) is 1. The highest BCUT2D eigenvalue weighted by Gasteiger charge is 2.11. The van der Waals surface area contributed by atoms with Crippen LogP contribution in [0.4, 0.5) is 0 Å². The Labute approximate surface area is 123 Å². The van der Waals surface area contributed by atoms with Gasteiger partial charge in [0.1, 0.15) is 0 Å². The van der Waals surface area contributed by atoms with Gasteiger partial charge in [0.25, 0.3) is 5.56 Å². The van der Waals surface area contributed by atoms with E-state index in [2.05, 4.69) is 9.88 Å². The van der Waals surface area contributed by atoms with Crippen LogP contribution in [0.3, 0.4) is 0 Å². The summed E-state index contributed by atoms with van der Waals surface area (Å²) in [5, 5.41) is 0.579. The minimum absolute atomic E-state index is 0.187. The molecule has 2 heterocycles. The summed E-state index contributed by atoms with van der Waals surface area (Å²) in [6.07, 6.45) is 4.68. The molecule has 3 rings (SSSR count). The zero-order chi connectivity index (χ0) is 14.7. The van der Waals surface area contributed by atoms with E-state index in [0.29, 0.717) is 17.4 Å². The number of rotatable bonds is 4. The first-order valence-corrected chi connectivity index (χ1v) is 7.70.